The van der Waals surface area contributed by atoms with E-state index in [-0.39, 0.29) is 11.3 Å². The first-order chi connectivity index (χ1) is 14.7. The number of aromatic nitrogens is 2. The normalized spacial score (nSPS) is 11.5. The number of aryl methyl sites for hydroxylation is 1. The largest absolute Gasteiger partial charge is 0.478 e. The van der Waals surface area contributed by atoms with Gasteiger partial charge in [0.25, 0.3) is 0 Å². The molecule has 0 saturated carbocycles. The van der Waals surface area contributed by atoms with Crippen LogP contribution in [0, 0.1) is 6.92 Å². The van der Waals surface area contributed by atoms with Crippen molar-refractivity contribution in [3.05, 3.63) is 83.4 Å². The first kappa shape index (κ1) is 20.3. The number of carbonyl (C=O) groups is 1. The number of hydrogen-bond acceptors (Lipinski definition) is 4. The molecule has 5 nitrogen and oxygen atoms in total. The lowest BCUT2D eigenvalue weighted by molar-refractivity contribution is -0.137. The molecule has 0 amide bonds. The molecule has 0 bridgehead atoms. The Bertz CT molecular complexity index is 1290. The van der Waals surface area contributed by atoms with E-state index in [0.717, 1.165) is 17.5 Å². The van der Waals surface area contributed by atoms with Gasteiger partial charge in [0, 0.05) is 22.0 Å². The molecule has 8 heteroatoms. The third-order valence-electron chi connectivity index (χ3n) is 4.76. The number of aromatic carboxylic acids is 1. The Morgan fingerprint density at radius 2 is 1.61 bits per heavy atom. The highest BCUT2D eigenvalue weighted by molar-refractivity contribution is 6.01. The van der Waals surface area contributed by atoms with E-state index in [9.17, 15) is 18.0 Å². The van der Waals surface area contributed by atoms with E-state index in [1.165, 1.54) is 12.1 Å². The quantitative estimate of drug-likeness (QED) is 0.417. The molecule has 0 aliphatic carbocycles. The first-order valence-corrected chi connectivity index (χ1v) is 9.27. The zero-order valence-electron chi connectivity index (χ0n) is 16.2. The van der Waals surface area contributed by atoms with Crippen LogP contribution in [0.25, 0.3) is 22.0 Å². The van der Waals surface area contributed by atoms with Gasteiger partial charge in [0.2, 0.25) is 0 Å². The van der Waals surface area contributed by atoms with E-state index in [0.29, 0.717) is 28.0 Å². The van der Waals surface area contributed by atoms with Gasteiger partial charge in [0.05, 0.1) is 11.1 Å². The summed E-state index contributed by atoms with van der Waals surface area (Å²) in [5.41, 5.74) is 1.34. The highest BCUT2D eigenvalue weighted by Gasteiger charge is 2.31. The number of carboxylic acids is 1. The molecule has 0 fully saturated rings. The summed E-state index contributed by atoms with van der Waals surface area (Å²) in [6.45, 7) is 1.59. The smallest absolute Gasteiger partial charge is 0.416 e. The Morgan fingerprint density at radius 3 is 2.26 bits per heavy atom. The van der Waals surface area contributed by atoms with Gasteiger partial charge in [0.1, 0.15) is 5.69 Å². The lowest BCUT2D eigenvalue weighted by atomic mass is 10.0. The van der Waals surface area contributed by atoms with Crippen LogP contribution >= 0.6 is 0 Å². The minimum Gasteiger partial charge on any atom is -0.478 e. The van der Waals surface area contributed by atoms with Crippen molar-refractivity contribution in [1.82, 2.24) is 10.2 Å². The molecule has 0 aliphatic rings. The Labute approximate surface area is 175 Å². The van der Waals surface area contributed by atoms with Crippen molar-refractivity contribution in [2.75, 3.05) is 5.32 Å². The van der Waals surface area contributed by atoms with Crippen molar-refractivity contribution < 1.29 is 23.1 Å². The molecule has 4 aromatic rings. The van der Waals surface area contributed by atoms with Crippen molar-refractivity contribution >= 4 is 28.2 Å². The second kappa shape index (κ2) is 7.71. The molecule has 0 spiro atoms. The zero-order valence-corrected chi connectivity index (χ0v) is 16.2. The Morgan fingerprint density at radius 1 is 0.935 bits per heavy atom. The third-order valence-corrected chi connectivity index (χ3v) is 4.76. The van der Waals surface area contributed by atoms with E-state index >= 15 is 0 Å². The van der Waals surface area contributed by atoms with Crippen molar-refractivity contribution in [1.29, 1.82) is 0 Å². The van der Waals surface area contributed by atoms with Crippen molar-refractivity contribution in [3.63, 3.8) is 0 Å². The second-order valence-electron chi connectivity index (χ2n) is 7.04. The molecule has 1 heterocycles. The Hall–Kier alpha value is -3.94. The van der Waals surface area contributed by atoms with Crippen LogP contribution in [0.1, 0.15) is 21.5 Å². The third kappa shape index (κ3) is 4.18. The molecule has 0 saturated heterocycles. The van der Waals surface area contributed by atoms with Gasteiger partial charge in [-0.2, -0.15) is 13.2 Å². The summed E-state index contributed by atoms with van der Waals surface area (Å²) < 4.78 is 39.5. The molecular formula is C23H16F3N3O2. The number of benzene rings is 3. The average molecular weight is 423 g/mol. The summed E-state index contributed by atoms with van der Waals surface area (Å²) in [6, 6.07) is 17.2. The number of alkyl halides is 3. The predicted molar refractivity (Wildman–Crippen MR) is 111 cm³/mol. The summed E-state index contributed by atoms with van der Waals surface area (Å²) in [4.78, 5) is 11.1. The van der Waals surface area contributed by atoms with E-state index in [4.69, 9.17) is 5.11 Å². The standard InChI is InChI=1S/C23H16F3N3O2/c1-13-10-16(23(24,25)26)12-17(11-13)27-21-19-5-3-2-4-18(19)20(28-29-21)14-6-8-15(9-7-14)22(30)31/h2-12H,1H3,(H,27,29)(H,30,31). The van der Waals surface area contributed by atoms with Crippen molar-refractivity contribution in [2.24, 2.45) is 0 Å². The molecule has 2 N–H and O–H groups in total. The van der Waals surface area contributed by atoms with Crippen LogP contribution in [-0.4, -0.2) is 21.3 Å². The van der Waals surface area contributed by atoms with E-state index in [2.05, 4.69) is 15.5 Å². The number of carboxylic acid groups (broad SMARTS) is 1. The van der Waals surface area contributed by atoms with Crippen LogP contribution in [0.4, 0.5) is 24.7 Å². The fourth-order valence-corrected chi connectivity index (χ4v) is 3.34. The zero-order chi connectivity index (χ0) is 22.2. The van der Waals surface area contributed by atoms with Crippen LogP contribution in [0.3, 0.4) is 0 Å². The van der Waals surface area contributed by atoms with Crippen LogP contribution in [0.2, 0.25) is 0 Å². The summed E-state index contributed by atoms with van der Waals surface area (Å²) in [5.74, 6) is -0.710. The lowest BCUT2D eigenvalue weighted by Gasteiger charge is -2.14. The fraction of sp³-hybridized carbons (Fsp3) is 0.0870. The monoisotopic (exact) mass is 423 g/mol. The van der Waals surface area contributed by atoms with Crippen LogP contribution in [0.5, 0.6) is 0 Å². The molecule has 0 aliphatic heterocycles. The van der Waals surface area contributed by atoms with Crippen molar-refractivity contribution in [3.8, 4) is 11.3 Å². The molecule has 0 atom stereocenters. The van der Waals surface area contributed by atoms with Gasteiger partial charge < -0.3 is 10.4 Å². The first-order valence-electron chi connectivity index (χ1n) is 9.27. The van der Waals surface area contributed by atoms with E-state index in [1.807, 2.05) is 12.1 Å². The van der Waals surface area contributed by atoms with Crippen LogP contribution in [-0.2, 0) is 6.18 Å². The number of nitrogens with one attached hydrogen (secondary N) is 1. The fourth-order valence-electron chi connectivity index (χ4n) is 3.34. The maximum absolute atomic E-state index is 13.2. The minimum atomic E-state index is -4.46. The highest BCUT2D eigenvalue weighted by atomic mass is 19.4. The van der Waals surface area contributed by atoms with Crippen LogP contribution < -0.4 is 5.32 Å². The number of nitrogens with zero attached hydrogens (tertiary/aromatic N) is 2. The molecule has 4 rings (SSSR count). The van der Waals surface area contributed by atoms with E-state index in [1.54, 1.807) is 37.3 Å². The van der Waals surface area contributed by atoms with E-state index < -0.39 is 17.7 Å². The van der Waals surface area contributed by atoms with Gasteiger partial charge in [-0.25, -0.2) is 4.79 Å². The summed E-state index contributed by atoms with van der Waals surface area (Å²) in [6.07, 6.45) is -4.46. The number of anilines is 2. The topological polar surface area (TPSA) is 75.1 Å². The van der Waals surface area contributed by atoms with Gasteiger partial charge in [-0.15, -0.1) is 10.2 Å². The second-order valence-corrected chi connectivity index (χ2v) is 7.04. The van der Waals surface area contributed by atoms with Gasteiger partial charge in [-0.1, -0.05) is 36.4 Å². The maximum atomic E-state index is 13.2. The van der Waals surface area contributed by atoms with Gasteiger partial charge in [-0.3, -0.25) is 0 Å². The van der Waals surface area contributed by atoms with Crippen molar-refractivity contribution in [2.45, 2.75) is 13.1 Å². The number of halogens is 3. The molecule has 0 radical (unpaired) electrons. The average Bonchev–Trinajstić information content (AvgIpc) is 2.73. The number of fused-ring (bicyclic) bond motifs is 1. The SMILES string of the molecule is Cc1cc(Nc2nnc(-c3ccc(C(=O)O)cc3)c3ccccc23)cc(C(F)(F)F)c1. The summed E-state index contributed by atoms with van der Waals surface area (Å²) in [7, 11) is 0. The maximum Gasteiger partial charge on any atom is 0.416 e. The minimum absolute atomic E-state index is 0.152. The number of hydrogen-bond donors (Lipinski definition) is 2. The molecule has 156 valence electrons. The Kier molecular flexibility index (Phi) is 5.06. The summed E-state index contributed by atoms with van der Waals surface area (Å²) >= 11 is 0. The van der Waals surface area contributed by atoms with Gasteiger partial charge >= 0.3 is 12.1 Å². The van der Waals surface area contributed by atoms with Crippen LogP contribution in [0.15, 0.2) is 66.7 Å². The summed E-state index contributed by atoms with van der Waals surface area (Å²) in [5, 5.41) is 21.9. The Balaban J connectivity index is 1.77. The molecule has 0 unspecified atom stereocenters. The highest BCUT2D eigenvalue weighted by Crippen LogP contribution is 2.34. The molecule has 3 aromatic carbocycles. The molecule has 31 heavy (non-hydrogen) atoms. The van der Waals surface area contributed by atoms with Gasteiger partial charge in [0.15, 0.2) is 5.82 Å². The van der Waals surface area contributed by atoms with Gasteiger partial charge in [-0.05, 0) is 42.8 Å². The molecule has 1 aromatic heterocycles. The lowest BCUT2D eigenvalue weighted by Crippen LogP contribution is -2.06. The number of rotatable bonds is 4. The molecular weight excluding hydrogens is 407 g/mol. The predicted octanol–water partition coefficient (Wildman–Crippen LogP) is 6.07.